The standard InChI is InChI=1S/C35H36N3S/c1-21(2)27-19-26(25-13-9-8-10-14-25)20-28(22(3)4)33(27)38-31-16-12-11-15-30(31)37(7)35(38)32-23(5)17-18-29-34(32)39-24(6)36-29/h8-22H,1-7H3/q+1. The van der Waals surface area contributed by atoms with Gasteiger partial charge in [-0.15, -0.1) is 11.3 Å². The molecular formula is C35H36N3S+. The Morgan fingerprint density at radius 1 is 0.769 bits per heavy atom. The van der Waals surface area contributed by atoms with Crippen molar-refractivity contribution in [3.63, 3.8) is 0 Å². The topological polar surface area (TPSA) is 21.7 Å². The molecule has 0 saturated carbocycles. The number of aryl methyl sites for hydroxylation is 3. The predicted octanol–water partition coefficient (Wildman–Crippen LogP) is 9.26. The summed E-state index contributed by atoms with van der Waals surface area (Å²) in [5.41, 5.74) is 12.7. The zero-order valence-corrected chi connectivity index (χ0v) is 24.7. The third kappa shape index (κ3) is 4.18. The first-order valence-electron chi connectivity index (χ1n) is 13.9. The molecule has 196 valence electrons. The summed E-state index contributed by atoms with van der Waals surface area (Å²) >= 11 is 1.79. The summed E-state index contributed by atoms with van der Waals surface area (Å²) in [5, 5.41) is 1.10. The molecule has 39 heavy (non-hydrogen) atoms. The molecule has 0 bridgehead atoms. The van der Waals surface area contributed by atoms with Gasteiger partial charge in [-0.1, -0.05) is 76.2 Å². The number of hydrogen-bond acceptors (Lipinski definition) is 2. The van der Waals surface area contributed by atoms with Crippen LogP contribution in [-0.2, 0) is 7.05 Å². The number of rotatable bonds is 5. The lowest BCUT2D eigenvalue weighted by molar-refractivity contribution is -0.633. The van der Waals surface area contributed by atoms with Gasteiger partial charge in [-0.2, -0.15) is 4.57 Å². The van der Waals surface area contributed by atoms with Crippen LogP contribution in [0.1, 0.15) is 61.2 Å². The lowest BCUT2D eigenvalue weighted by Gasteiger charge is -2.21. The fourth-order valence-electron chi connectivity index (χ4n) is 5.92. The normalized spacial score (nSPS) is 11.9. The van der Waals surface area contributed by atoms with Crippen LogP contribution in [0.15, 0.2) is 78.9 Å². The van der Waals surface area contributed by atoms with Gasteiger partial charge in [0, 0.05) is 11.1 Å². The number of thiazole rings is 1. The first-order valence-corrected chi connectivity index (χ1v) is 14.7. The third-order valence-corrected chi connectivity index (χ3v) is 8.86. The Kier molecular flexibility index (Phi) is 6.39. The molecule has 4 aromatic carbocycles. The Bertz CT molecular complexity index is 1810. The molecule has 0 atom stereocenters. The highest BCUT2D eigenvalue weighted by Crippen LogP contribution is 2.42. The summed E-state index contributed by atoms with van der Waals surface area (Å²) in [7, 11) is 2.21. The van der Waals surface area contributed by atoms with Crippen LogP contribution >= 0.6 is 11.3 Å². The number of para-hydroxylation sites is 2. The molecular weight excluding hydrogens is 494 g/mol. The highest BCUT2D eigenvalue weighted by atomic mass is 32.1. The SMILES string of the molecule is Cc1nc2ccc(C)c(-c3n(-c4c(C(C)C)cc(-c5ccccc5)cc4C(C)C)c4ccccc4[n+]3C)c2s1. The van der Waals surface area contributed by atoms with Crippen LogP contribution in [0, 0.1) is 13.8 Å². The van der Waals surface area contributed by atoms with E-state index in [9.17, 15) is 0 Å². The first kappa shape index (κ1) is 25.5. The van der Waals surface area contributed by atoms with Crippen molar-refractivity contribution in [1.29, 1.82) is 0 Å². The molecule has 0 amide bonds. The van der Waals surface area contributed by atoms with Gasteiger partial charge in [0.05, 0.1) is 27.8 Å². The number of benzene rings is 4. The minimum Gasteiger partial charge on any atom is -0.241 e. The fourth-order valence-corrected chi connectivity index (χ4v) is 6.93. The predicted molar refractivity (Wildman–Crippen MR) is 166 cm³/mol. The van der Waals surface area contributed by atoms with Crippen molar-refractivity contribution in [2.75, 3.05) is 0 Å². The highest BCUT2D eigenvalue weighted by molar-refractivity contribution is 7.19. The van der Waals surface area contributed by atoms with Crippen LogP contribution in [0.2, 0.25) is 0 Å². The molecule has 0 unspecified atom stereocenters. The van der Waals surface area contributed by atoms with Crippen molar-refractivity contribution >= 4 is 32.6 Å². The minimum atomic E-state index is 0.350. The van der Waals surface area contributed by atoms with E-state index in [0.29, 0.717) is 11.8 Å². The molecule has 0 spiro atoms. The molecule has 0 N–H and O–H groups in total. The lowest BCUT2D eigenvalue weighted by Crippen LogP contribution is -2.30. The van der Waals surface area contributed by atoms with Crippen molar-refractivity contribution < 1.29 is 4.57 Å². The van der Waals surface area contributed by atoms with E-state index in [2.05, 4.69) is 137 Å². The first-order chi connectivity index (χ1) is 18.8. The molecule has 0 aliphatic carbocycles. The Labute approximate surface area is 235 Å². The molecule has 0 aliphatic heterocycles. The maximum Gasteiger partial charge on any atom is 0.296 e. The van der Waals surface area contributed by atoms with Gasteiger partial charge in [0.2, 0.25) is 0 Å². The molecule has 0 saturated heterocycles. The maximum atomic E-state index is 4.86. The highest BCUT2D eigenvalue weighted by Gasteiger charge is 2.33. The average molecular weight is 531 g/mol. The Balaban J connectivity index is 1.79. The summed E-state index contributed by atoms with van der Waals surface area (Å²) in [4.78, 5) is 4.86. The van der Waals surface area contributed by atoms with E-state index < -0.39 is 0 Å². The summed E-state index contributed by atoms with van der Waals surface area (Å²) in [6, 6.07) is 28.8. The number of imidazole rings is 1. The molecule has 2 aromatic heterocycles. The smallest absolute Gasteiger partial charge is 0.241 e. The van der Waals surface area contributed by atoms with Gasteiger partial charge < -0.3 is 0 Å². The maximum absolute atomic E-state index is 4.86. The van der Waals surface area contributed by atoms with E-state index in [1.807, 2.05) is 0 Å². The monoisotopic (exact) mass is 530 g/mol. The summed E-state index contributed by atoms with van der Waals surface area (Å²) in [5.74, 6) is 1.91. The average Bonchev–Trinajstić information content (AvgIpc) is 3.45. The van der Waals surface area contributed by atoms with E-state index >= 15 is 0 Å². The zero-order valence-electron chi connectivity index (χ0n) is 23.9. The Morgan fingerprint density at radius 2 is 1.41 bits per heavy atom. The van der Waals surface area contributed by atoms with Gasteiger partial charge >= 0.3 is 0 Å². The number of hydrogen-bond donors (Lipinski definition) is 0. The second-order valence-corrected chi connectivity index (χ2v) is 12.4. The van der Waals surface area contributed by atoms with E-state index in [0.717, 1.165) is 10.5 Å². The lowest BCUT2D eigenvalue weighted by atomic mass is 9.88. The van der Waals surface area contributed by atoms with Crippen LogP contribution in [-0.4, -0.2) is 9.55 Å². The van der Waals surface area contributed by atoms with Gasteiger partial charge in [-0.3, -0.25) is 0 Å². The van der Waals surface area contributed by atoms with E-state index in [4.69, 9.17) is 4.98 Å². The van der Waals surface area contributed by atoms with Gasteiger partial charge in [0.1, 0.15) is 5.69 Å². The van der Waals surface area contributed by atoms with Crippen molar-refractivity contribution in [1.82, 2.24) is 9.55 Å². The van der Waals surface area contributed by atoms with Gasteiger partial charge in [-0.25, -0.2) is 9.55 Å². The number of aromatic nitrogens is 3. The molecule has 6 rings (SSSR count). The molecule has 6 aromatic rings. The van der Waals surface area contributed by atoms with E-state index in [1.54, 1.807) is 11.3 Å². The van der Waals surface area contributed by atoms with Crippen molar-refractivity contribution in [2.45, 2.75) is 53.4 Å². The Morgan fingerprint density at radius 3 is 2.08 bits per heavy atom. The second-order valence-electron chi connectivity index (χ2n) is 11.2. The molecule has 0 fully saturated rings. The van der Waals surface area contributed by atoms with Crippen molar-refractivity contribution in [3.8, 4) is 28.2 Å². The van der Waals surface area contributed by atoms with Crippen LogP contribution < -0.4 is 4.57 Å². The van der Waals surface area contributed by atoms with Crippen molar-refractivity contribution in [3.05, 3.63) is 101 Å². The van der Waals surface area contributed by atoms with Crippen LogP contribution in [0.5, 0.6) is 0 Å². The quantitative estimate of drug-likeness (QED) is 0.204. The van der Waals surface area contributed by atoms with E-state index in [-0.39, 0.29) is 0 Å². The second kappa shape index (κ2) is 9.77. The summed E-state index contributed by atoms with van der Waals surface area (Å²) in [6.07, 6.45) is 0. The summed E-state index contributed by atoms with van der Waals surface area (Å²) in [6.45, 7) is 13.6. The third-order valence-electron chi connectivity index (χ3n) is 7.85. The number of fused-ring (bicyclic) bond motifs is 2. The van der Waals surface area contributed by atoms with Crippen molar-refractivity contribution in [2.24, 2.45) is 7.05 Å². The molecule has 0 aliphatic rings. The fraction of sp³-hybridized carbons (Fsp3) is 0.257. The zero-order chi connectivity index (χ0) is 27.4. The molecule has 4 heteroatoms. The molecule has 0 radical (unpaired) electrons. The molecule has 2 heterocycles. The van der Waals surface area contributed by atoms with E-state index in [1.165, 1.54) is 60.6 Å². The van der Waals surface area contributed by atoms with Gasteiger partial charge in [0.25, 0.3) is 5.82 Å². The largest absolute Gasteiger partial charge is 0.296 e. The van der Waals surface area contributed by atoms with Gasteiger partial charge in [0.15, 0.2) is 11.0 Å². The van der Waals surface area contributed by atoms with Gasteiger partial charge in [-0.05, 0) is 72.7 Å². The summed E-state index contributed by atoms with van der Waals surface area (Å²) < 4.78 is 6.18. The Hall–Kier alpha value is -3.76. The number of nitrogens with zero attached hydrogens (tertiary/aromatic N) is 3. The van der Waals surface area contributed by atoms with Crippen LogP contribution in [0.25, 0.3) is 49.5 Å². The van der Waals surface area contributed by atoms with Crippen LogP contribution in [0.3, 0.4) is 0 Å². The molecule has 3 nitrogen and oxygen atoms in total. The van der Waals surface area contributed by atoms with Crippen LogP contribution in [0.4, 0.5) is 0 Å². The minimum absolute atomic E-state index is 0.350.